The van der Waals surface area contributed by atoms with Gasteiger partial charge < -0.3 is 14.8 Å². The minimum absolute atomic E-state index is 0.123. The standard InChI is InChI=1S/C18H21F2N3O/c1-22-15-3-2-12(10-13(15)14-11-21-7-4-16(14)22)17(24)23-8-5-18(19,20)6-9-23/h2-3,10,21H,4-9,11H2,1H3. The summed E-state index contributed by atoms with van der Waals surface area (Å²) in [5, 5.41) is 4.47. The van der Waals surface area contributed by atoms with Crippen LogP contribution in [0.15, 0.2) is 18.2 Å². The molecule has 1 saturated heterocycles. The number of piperidine rings is 1. The van der Waals surface area contributed by atoms with Gasteiger partial charge in [0.1, 0.15) is 0 Å². The van der Waals surface area contributed by atoms with Crippen molar-refractivity contribution in [3.63, 3.8) is 0 Å². The number of benzene rings is 1. The Kier molecular flexibility index (Phi) is 3.60. The first-order valence-electron chi connectivity index (χ1n) is 8.44. The number of fused-ring (bicyclic) bond motifs is 3. The zero-order valence-corrected chi connectivity index (χ0v) is 13.7. The fraction of sp³-hybridized carbons (Fsp3) is 0.500. The van der Waals surface area contributed by atoms with E-state index in [0.29, 0.717) is 5.56 Å². The Hall–Kier alpha value is -1.95. The van der Waals surface area contributed by atoms with Crippen LogP contribution in [0.3, 0.4) is 0 Å². The molecular formula is C18H21F2N3O. The molecule has 2 aromatic rings. The first-order valence-corrected chi connectivity index (χ1v) is 8.44. The van der Waals surface area contributed by atoms with Crippen LogP contribution in [0.25, 0.3) is 10.9 Å². The third-order valence-corrected chi connectivity index (χ3v) is 5.31. The van der Waals surface area contributed by atoms with E-state index in [1.807, 2.05) is 18.2 Å². The molecule has 1 fully saturated rings. The molecule has 2 aliphatic rings. The van der Waals surface area contributed by atoms with E-state index in [1.165, 1.54) is 11.3 Å². The van der Waals surface area contributed by atoms with Gasteiger partial charge in [0, 0.05) is 74.6 Å². The number of halogens is 2. The van der Waals surface area contributed by atoms with Gasteiger partial charge in [0.15, 0.2) is 0 Å². The van der Waals surface area contributed by atoms with Gasteiger partial charge in [-0.05, 0) is 23.8 Å². The third kappa shape index (κ3) is 2.49. The number of aromatic nitrogens is 1. The number of aryl methyl sites for hydroxylation is 1. The summed E-state index contributed by atoms with van der Waals surface area (Å²) in [5.74, 6) is -2.78. The second-order valence-electron chi connectivity index (χ2n) is 6.79. The van der Waals surface area contributed by atoms with Crippen LogP contribution in [0.5, 0.6) is 0 Å². The van der Waals surface area contributed by atoms with Crippen LogP contribution in [-0.4, -0.2) is 40.9 Å². The maximum atomic E-state index is 13.3. The fourth-order valence-corrected chi connectivity index (χ4v) is 3.86. The van der Waals surface area contributed by atoms with Crippen LogP contribution >= 0.6 is 0 Å². The summed E-state index contributed by atoms with van der Waals surface area (Å²) in [6.45, 7) is 2.02. The van der Waals surface area contributed by atoms with Crippen molar-refractivity contribution < 1.29 is 13.6 Å². The van der Waals surface area contributed by atoms with Crippen LogP contribution in [0.2, 0.25) is 0 Å². The molecule has 3 heterocycles. The summed E-state index contributed by atoms with van der Waals surface area (Å²) in [4.78, 5) is 14.2. The first kappa shape index (κ1) is 15.6. The van der Waals surface area contributed by atoms with Crippen molar-refractivity contribution in [3.05, 3.63) is 35.0 Å². The predicted octanol–water partition coefficient (Wildman–Crippen LogP) is 2.70. The monoisotopic (exact) mass is 333 g/mol. The van der Waals surface area contributed by atoms with Gasteiger partial charge in [-0.1, -0.05) is 0 Å². The summed E-state index contributed by atoms with van der Waals surface area (Å²) in [7, 11) is 2.06. The molecule has 6 heteroatoms. The Morgan fingerprint density at radius 3 is 2.75 bits per heavy atom. The van der Waals surface area contributed by atoms with E-state index in [9.17, 15) is 13.6 Å². The molecule has 0 spiro atoms. The second-order valence-corrected chi connectivity index (χ2v) is 6.79. The number of carbonyl (C=O) groups is 1. The molecule has 1 aromatic carbocycles. The molecule has 1 amide bonds. The highest BCUT2D eigenvalue weighted by Crippen LogP contribution is 2.31. The molecule has 1 N–H and O–H groups in total. The van der Waals surface area contributed by atoms with Gasteiger partial charge in [-0.15, -0.1) is 0 Å². The van der Waals surface area contributed by atoms with Crippen LogP contribution in [-0.2, 0) is 20.0 Å². The van der Waals surface area contributed by atoms with Crippen molar-refractivity contribution >= 4 is 16.8 Å². The third-order valence-electron chi connectivity index (χ3n) is 5.31. The van der Waals surface area contributed by atoms with E-state index in [0.717, 1.165) is 30.4 Å². The number of carbonyl (C=O) groups excluding carboxylic acids is 1. The van der Waals surface area contributed by atoms with E-state index < -0.39 is 5.92 Å². The van der Waals surface area contributed by atoms with Crippen LogP contribution in [0, 0.1) is 0 Å². The van der Waals surface area contributed by atoms with Crippen molar-refractivity contribution in [1.29, 1.82) is 0 Å². The summed E-state index contributed by atoms with van der Waals surface area (Å²) in [6.07, 6.45) is 0.488. The lowest BCUT2D eigenvalue weighted by atomic mass is 10.0. The molecule has 0 bridgehead atoms. The number of nitrogens with one attached hydrogen (secondary N) is 1. The topological polar surface area (TPSA) is 37.3 Å². The van der Waals surface area contributed by atoms with E-state index in [2.05, 4.69) is 16.9 Å². The van der Waals surface area contributed by atoms with Gasteiger partial charge >= 0.3 is 0 Å². The van der Waals surface area contributed by atoms with Gasteiger partial charge in [-0.3, -0.25) is 4.79 Å². The summed E-state index contributed by atoms with van der Waals surface area (Å²) >= 11 is 0. The van der Waals surface area contributed by atoms with Crippen molar-refractivity contribution in [2.45, 2.75) is 31.7 Å². The van der Waals surface area contributed by atoms with Gasteiger partial charge in [-0.2, -0.15) is 0 Å². The summed E-state index contributed by atoms with van der Waals surface area (Å²) in [6, 6.07) is 5.71. The molecule has 1 aromatic heterocycles. The lowest BCUT2D eigenvalue weighted by molar-refractivity contribution is -0.0494. The Balaban J connectivity index is 1.67. The molecule has 0 unspecified atom stereocenters. The van der Waals surface area contributed by atoms with Gasteiger partial charge in [0.2, 0.25) is 0 Å². The van der Waals surface area contributed by atoms with E-state index >= 15 is 0 Å². The maximum Gasteiger partial charge on any atom is 0.253 e. The second kappa shape index (κ2) is 5.55. The largest absolute Gasteiger partial charge is 0.347 e. The van der Waals surface area contributed by atoms with Crippen LogP contribution in [0.1, 0.15) is 34.5 Å². The lowest BCUT2D eigenvalue weighted by Crippen LogP contribution is -2.42. The van der Waals surface area contributed by atoms with Crippen LogP contribution < -0.4 is 5.32 Å². The number of hydrogen-bond acceptors (Lipinski definition) is 2. The Bertz CT molecular complexity index is 802. The molecule has 2 aliphatic heterocycles. The zero-order valence-electron chi connectivity index (χ0n) is 13.7. The Morgan fingerprint density at radius 1 is 1.25 bits per heavy atom. The smallest absolute Gasteiger partial charge is 0.253 e. The SMILES string of the molecule is Cn1c2c(c3cc(C(=O)N4CCC(F)(F)CC4)ccc31)CNCC2. The molecule has 0 saturated carbocycles. The van der Waals surface area contributed by atoms with Crippen molar-refractivity contribution in [2.24, 2.45) is 7.05 Å². The highest BCUT2D eigenvalue weighted by atomic mass is 19.3. The van der Waals surface area contributed by atoms with Gasteiger partial charge in [0.25, 0.3) is 11.8 Å². The number of likely N-dealkylation sites (tertiary alicyclic amines) is 1. The highest BCUT2D eigenvalue weighted by Gasteiger charge is 2.35. The number of hydrogen-bond donors (Lipinski definition) is 1. The van der Waals surface area contributed by atoms with Crippen LogP contribution in [0.4, 0.5) is 8.78 Å². The molecule has 0 atom stereocenters. The minimum atomic E-state index is -2.63. The van der Waals surface area contributed by atoms with Gasteiger partial charge in [-0.25, -0.2) is 8.78 Å². The highest BCUT2D eigenvalue weighted by molar-refractivity contribution is 5.99. The minimum Gasteiger partial charge on any atom is -0.347 e. The molecule has 0 radical (unpaired) electrons. The number of nitrogens with zero attached hydrogens (tertiary/aromatic N) is 2. The summed E-state index contributed by atoms with van der Waals surface area (Å²) < 4.78 is 28.8. The molecule has 4 nitrogen and oxygen atoms in total. The van der Waals surface area contributed by atoms with Crippen molar-refractivity contribution in [3.8, 4) is 0 Å². The number of rotatable bonds is 1. The summed E-state index contributed by atoms with van der Waals surface area (Å²) in [5.41, 5.74) is 4.27. The van der Waals surface area contributed by atoms with E-state index in [-0.39, 0.29) is 31.8 Å². The predicted molar refractivity (Wildman–Crippen MR) is 88.4 cm³/mol. The van der Waals surface area contributed by atoms with Crippen molar-refractivity contribution in [2.75, 3.05) is 19.6 Å². The molecule has 24 heavy (non-hydrogen) atoms. The van der Waals surface area contributed by atoms with Crippen molar-refractivity contribution in [1.82, 2.24) is 14.8 Å². The molecular weight excluding hydrogens is 312 g/mol. The number of alkyl halides is 2. The maximum absolute atomic E-state index is 13.3. The fourth-order valence-electron chi connectivity index (χ4n) is 3.86. The average Bonchev–Trinajstić information content (AvgIpc) is 2.87. The Morgan fingerprint density at radius 2 is 2.00 bits per heavy atom. The lowest BCUT2D eigenvalue weighted by Gasteiger charge is -2.31. The normalized spacial score (nSPS) is 20.2. The molecule has 4 rings (SSSR count). The Labute approximate surface area is 139 Å². The number of amides is 1. The van der Waals surface area contributed by atoms with E-state index in [4.69, 9.17) is 0 Å². The molecule has 128 valence electrons. The quantitative estimate of drug-likeness (QED) is 0.871. The van der Waals surface area contributed by atoms with E-state index in [1.54, 1.807) is 4.90 Å². The zero-order chi connectivity index (χ0) is 16.9. The first-order chi connectivity index (χ1) is 11.5. The average molecular weight is 333 g/mol. The molecule has 0 aliphatic carbocycles. The van der Waals surface area contributed by atoms with Gasteiger partial charge in [0.05, 0.1) is 0 Å².